The normalized spacial score (nSPS) is 16.5. The van der Waals surface area contributed by atoms with Crippen LogP contribution in [0.3, 0.4) is 0 Å². The number of hydrogen-bond donors (Lipinski definition) is 1. The van der Waals surface area contributed by atoms with Gasteiger partial charge in [-0.1, -0.05) is 42.5 Å². The summed E-state index contributed by atoms with van der Waals surface area (Å²) in [4.78, 5) is 28.0. The van der Waals surface area contributed by atoms with Gasteiger partial charge >= 0.3 is 0 Å². The highest BCUT2D eigenvalue weighted by molar-refractivity contribution is 6.46. The Bertz CT molecular complexity index is 1490. The zero-order valence-corrected chi connectivity index (χ0v) is 21.8. The van der Waals surface area contributed by atoms with Gasteiger partial charge in [-0.2, -0.15) is 0 Å². The highest BCUT2D eigenvalue weighted by Crippen LogP contribution is 2.41. The summed E-state index contributed by atoms with van der Waals surface area (Å²) in [5.41, 5.74) is 2.94. The molecule has 198 valence electrons. The molecule has 7 nitrogen and oxygen atoms in total. The van der Waals surface area contributed by atoms with E-state index in [0.717, 1.165) is 11.1 Å². The second kappa shape index (κ2) is 11.3. The number of aliphatic hydroxyl groups is 1. The summed E-state index contributed by atoms with van der Waals surface area (Å²) in [6.45, 7) is 4.77. The molecular formula is C32H29NO6. The van der Waals surface area contributed by atoms with Crippen LogP contribution in [-0.2, 0) is 22.7 Å². The number of hydrogen-bond acceptors (Lipinski definition) is 6. The van der Waals surface area contributed by atoms with Gasteiger partial charge < -0.3 is 23.9 Å². The number of nitrogens with zero attached hydrogens (tertiary/aromatic N) is 1. The highest BCUT2D eigenvalue weighted by atomic mass is 16.5. The largest absolute Gasteiger partial charge is 0.507 e. The number of ether oxygens (including phenoxy) is 2. The van der Waals surface area contributed by atoms with Crippen LogP contribution in [0, 0.1) is 6.92 Å². The number of carbonyl (C=O) groups excluding carboxylic acids is 2. The molecule has 0 radical (unpaired) electrons. The minimum Gasteiger partial charge on any atom is -0.507 e. The van der Waals surface area contributed by atoms with Crippen molar-refractivity contribution in [2.75, 3.05) is 6.61 Å². The van der Waals surface area contributed by atoms with Gasteiger partial charge in [0, 0.05) is 5.56 Å². The summed E-state index contributed by atoms with van der Waals surface area (Å²) in [5, 5.41) is 11.4. The van der Waals surface area contributed by atoms with Crippen molar-refractivity contribution in [3.05, 3.63) is 125 Å². The number of carbonyl (C=O) groups is 2. The van der Waals surface area contributed by atoms with Crippen LogP contribution < -0.4 is 9.47 Å². The maximum Gasteiger partial charge on any atom is 0.296 e. The lowest BCUT2D eigenvalue weighted by Gasteiger charge is -2.24. The molecule has 1 amide bonds. The van der Waals surface area contributed by atoms with Crippen molar-refractivity contribution in [2.45, 2.75) is 33.0 Å². The average Bonchev–Trinajstić information content (AvgIpc) is 3.56. The number of aliphatic hydroxyl groups excluding tert-OH is 1. The van der Waals surface area contributed by atoms with Gasteiger partial charge in [0.25, 0.3) is 11.7 Å². The van der Waals surface area contributed by atoms with Gasteiger partial charge in [0.2, 0.25) is 0 Å². The topological polar surface area (TPSA) is 89.2 Å². The molecule has 1 fully saturated rings. The predicted octanol–water partition coefficient (Wildman–Crippen LogP) is 6.19. The monoisotopic (exact) mass is 523 g/mol. The van der Waals surface area contributed by atoms with Crippen LogP contribution >= 0.6 is 0 Å². The molecule has 1 N–H and O–H groups in total. The molecule has 1 atom stereocenters. The smallest absolute Gasteiger partial charge is 0.296 e. The van der Waals surface area contributed by atoms with E-state index in [1.165, 1.54) is 11.2 Å². The molecule has 2 heterocycles. The summed E-state index contributed by atoms with van der Waals surface area (Å²) in [6.07, 6.45) is 1.52. The lowest BCUT2D eigenvalue weighted by Crippen LogP contribution is -2.29. The number of benzene rings is 3. The fourth-order valence-electron chi connectivity index (χ4n) is 4.72. The molecule has 0 saturated carbocycles. The van der Waals surface area contributed by atoms with Crippen LogP contribution in [0.1, 0.15) is 41.0 Å². The van der Waals surface area contributed by atoms with Gasteiger partial charge in [0.1, 0.15) is 29.6 Å². The molecule has 1 saturated heterocycles. The summed E-state index contributed by atoms with van der Waals surface area (Å²) < 4.78 is 17.0. The molecule has 0 bridgehead atoms. The second-order valence-corrected chi connectivity index (χ2v) is 9.26. The van der Waals surface area contributed by atoms with Gasteiger partial charge in [-0.25, -0.2) is 0 Å². The van der Waals surface area contributed by atoms with Gasteiger partial charge in [0.15, 0.2) is 0 Å². The lowest BCUT2D eigenvalue weighted by molar-refractivity contribution is -0.140. The van der Waals surface area contributed by atoms with Crippen molar-refractivity contribution < 1.29 is 28.6 Å². The quantitative estimate of drug-likeness (QED) is 0.160. The van der Waals surface area contributed by atoms with Crippen molar-refractivity contribution >= 4 is 17.4 Å². The van der Waals surface area contributed by atoms with E-state index >= 15 is 0 Å². The van der Waals surface area contributed by atoms with Crippen molar-refractivity contribution in [3.8, 4) is 11.5 Å². The number of likely N-dealkylation sites (tertiary alicyclic amines) is 1. The molecule has 0 aliphatic carbocycles. The minimum atomic E-state index is -0.805. The average molecular weight is 524 g/mol. The first-order valence-electron chi connectivity index (χ1n) is 12.8. The zero-order chi connectivity index (χ0) is 27.4. The molecule has 4 aromatic rings. The molecule has 1 aromatic heterocycles. The fourth-order valence-corrected chi connectivity index (χ4v) is 4.72. The Balaban J connectivity index is 1.50. The number of amides is 1. The molecular weight excluding hydrogens is 494 g/mol. The van der Waals surface area contributed by atoms with Crippen molar-refractivity contribution in [2.24, 2.45) is 0 Å². The molecule has 0 spiro atoms. The summed E-state index contributed by atoms with van der Waals surface area (Å²) in [6, 6.07) is 24.9. The van der Waals surface area contributed by atoms with E-state index in [-0.39, 0.29) is 17.9 Å². The van der Waals surface area contributed by atoms with Gasteiger partial charge in [0.05, 0.1) is 31.0 Å². The third-order valence-electron chi connectivity index (χ3n) is 6.64. The first-order chi connectivity index (χ1) is 19.0. The van der Waals surface area contributed by atoms with Crippen LogP contribution in [0.2, 0.25) is 0 Å². The summed E-state index contributed by atoms with van der Waals surface area (Å²) in [5.74, 6) is 0.171. The van der Waals surface area contributed by atoms with E-state index in [9.17, 15) is 14.7 Å². The third kappa shape index (κ3) is 5.43. The summed E-state index contributed by atoms with van der Waals surface area (Å²) in [7, 11) is 0. The standard InChI is InChI=1S/C32H29NO6/c1-3-37-25-14-11-23(12-15-25)29-28(31(35)32(36)33(29)19-26-10-7-17-38-26)30(34)24-13-16-27(21(2)18-24)39-20-22-8-5-4-6-9-22/h4-18,29,34H,3,19-20H2,1-2H3/b30-28-. The lowest BCUT2D eigenvalue weighted by atomic mass is 9.94. The van der Waals surface area contributed by atoms with Crippen LogP contribution in [0.15, 0.2) is 101 Å². The van der Waals surface area contributed by atoms with Crippen LogP contribution in [0.4, 0.5) is 0 Å². The van der Waals surface area contributed by atoms with Crippen molar-refractivity contribution in [3.63, 3.8) is 0 Å². The second-order valence-electron chi connectivity index (χ2n) is 9.26. The Morgan fingerprint density at radius 1 is 0.949 bits per heavy atom. The predicted molar refractivity (Wildman–Crippen MR) is 146 cm³/mol. The number of rotatable bonds is 9. The maximum atomic E-state index is 13.3. The number of furan rings is 1. The highest BCUT2D eigenvalue weighted by Gasteiger charge is 2.46. The van der Waals surface area contributed by atoms with Crippen LogP contribution in [-0.4, -0.2) is 28.3 Å². The molecule has 1 aliphatic heterocycles. The van der Waals surface area contributed by atoms with E-state index in [2.05, 4.69) is 0 Å². The van der Waals surface area contributed by atoms with E-state index in [4.69, 9.17) is 13.9 Å². The number of Topliss-reactive ketones (excluding diaryl/α,β-unsaturated/α-hetero) is 1. The zero-order valence-electron chi connectivity index (χ0n) is 21.8. The van der Waals surface area contributed by atoms with Crippen molar-refractivity contribution in [1.82, 2.24) is 4.90 Å². The maximum absolute atomic E-state index is 13.3. The fraction of sp³-hybridized carbons (Fsp3) is 0.188. The minimum absolute atomic E-state index is 0.0214. The van der Waals surface area contributed by atoms with Crippen molar-refractivity contribution in [1.29, 1.82) is 0 Å². The van der Waals surface area contributed by atoms with E-state index in [1.54, 1.807) is 54.6 Å². The Kier molecular flexibility index (Phi) is 7.50. The first kappa shape index (κ1) is 25.9. The number of aryl methyl sites for hydroxylation is 1. The molecule has 3 aromatic carbocycles. The Morgan fingerprint density at radius 2 is 1.72 bits per heavy atom. The molecule has 1 unspecified atom stereocenters. The van der Waals surface area contributed by atoms with Gasteiger partial charge in [-0.3, -0.25) is 9.59 Å². The van der Waals surface area contributed by atoms with Crippen LogP contribution in [0.25, 0.3) is 5.76 Å². The molecule has 7 heteroatoms. The Hall–Kier alpha value is -4.78. The SMILES string of the molecule is CCOc1ccc(C2/C(=C(/O)c3ccc(OCc4ccccc4)c(C)c3)C(=O)C(=O)N2Cc2ccco2)cc1. The Morgan fingerprint density at radius 3 is 2.38 bits per heavy atom. The molecule has 5 rings (SSSR count). The Labute approximate surface area is 226 Å². The van der Waals surface area contributed by atoms with Gasteiger partial charge in [-0.05, 0) is 73.0 Å². The molecule has 1 aliphatic rings. The van der Waals surface area contributed by atoms with Crippen LogP contribution in [0.5, 0.6) is 11.5 Å². The van der Waals surface area contributed by atoms with E-state index < -0.39 is 17.7 Å². The van der Waals surface area contributed by atoms with E-state index in [1.807, 2.05) is 44.2 Å². The van der Waals surface area contributed by atoms with E-state index in [0.29, 0.717) is 41.6 Å². The third-order valence-corrected chi connectivity index (χ3v) is 6.64. The first-order valence-corrected chi connectivity index (χ1v) is 12.8. The van der Waals surface area contributed by atoms with Gasteiger partial charge in [-0.15, -0.1) is 0 Å². The summed E-state index contributed by atoms with van der Waals surface area (Å²) >= 11 is 0. The molecule has 39 heavy (non-hydrogen) atoms. The number of ketones is 1.